The molecular formula is C15H20N2. The number of aryl methyl sites for hydroxylation is 1. The predicted octanol–water partition coefficient (Wildman–Crippen LogP) is 2.95. The molecule has 0 saturated heterocycles. The third-order valence-electron chi connectivity index (χ3n) is 4.43. The van der Waals surface area contributed by atoms with Gasteiger partial charge in [-0.3, -0.25) is 0 Å². The van der Waals surface area contributed by atoms with Crippen molar-refractivity contribution in [2.45, 2.75) is 31.1 Å². The van der Waals surface area contributed by atoms with E-state index in [9.17, 15) is 0 Å². The maximum atomic E-state index is 5.80. The smallest absolute Gasteiger partial charge is 0.0480 e. The Morgan fingerprint density at radius 1 is 1.29 bits per heavy atom. The van der Waals surface area contributed by atoms with E-state index >= 15 is 0 Å². The summed E-state index contributed by atoms with van der Waals surface area (Å²) in [5, 5.41) is 1.35. The molecule has 1 heterocycles. The van der Waals surface area contributed by atoms with Crippen LogP contribution in [-0.4, -0.2) is 11.1 Å². The second-order valence-corrected chi connectivity index (χ2v) is 5.32. The lowest BCUT2D eigenvalue weighted by atomic mass is 9.64. The number of nitrogens with zero attached hydrogens (tertiary/aromatic N) is 1. The van der Waals surface area contributed by atoms with Gasteiger partial charge in [0.05, 0.1) is 0 Å². The van der Waals surface area contributed by atoms with Crippen LogP contribution in [0.4, 0.5) is 0 Å². The van der Waals surface area contributed by atoms with E-state index in [1.165, 1.54) is 35.9 Å². The highest BCUT2D eigenvalue weighted by atomic mass is 15.0. The van der Waals surface area contributed by atoms with Gasteiger partial charge in [-0.05, 0) is 43.3 Å². The van der Waals surface area contributed by atoms with E-state index in [0.29, 0.717) is 5.41 Å². The fourth-order valence-corrected chi connectivity index (χ4v) is 3.31. The number of aromatic nitrogens is 1. The summed E-state index contributed by atoms with van der Waals surface area (Å²) in [5.41, 5.74) is 8.98. The lowest BCUT2D eigenvalue weighted by Gasteiger charge is -2.42. The molecule has 0 amide bonds. The monoisotopic (exact) mass is 228 g/mol. The molecule has 17 heavy (non-hydrogen) atoms. The van der Waals surface area contributed by atoms with Gasteiger partial charge in [0.15, 0.2) is 0 Å². The summed E-state index contributed by atoms with van der Waals surface area (Å²) in [6.07, 6.45) is 5.07. The lowest BCUT2D eigenvalue weighted by Crippen LogP contribution is -2.38. The molecule has 3 rings (SSSR count). The van der Waals surface area contributed by atoms with Gasteiger partial charge in [-0.1, -0.05) is 24.6 Å². The van der Waals surface area contributed by atoms with E-state index < -0.39 is 0 Å². The fraction of sp³-hybridized carbons (Fsp3) is 0.467. The number of benzene rings is 1. The summed E-state index contributed by atoms with van der Waals surface area (Å²) < 4.78 is 2.37. The second-order valence-electron chi connectivity index (χ2n) is 5.32. The lowest BCUT2D eigenvalue weighted by molar-refractivity contribution is 0.218. The maximum Gasteiger partial charge on any atom is 0.0480 e. The average molecular weight is 228 g/mol. The van der Waals surface area contributed by atoms with Crippen molar-refractivity contribution < 1.29 is 0 Å². The Balaban J connectivity index is 2.13. The van der Waals surface area contributed by atoms with Crippen molar-refractivity contribution >= 4 is 10.9 Å². The third-order valence-corrected chi connectivity index (χ3v) is 4.43. The van der Waals surface area contributed by atoms with Crippen LogP contribution < -0.4 is 5.73 Å². The Morgan fingerprint density at radius 2 is 2.06 bits per heavy atom. The van der Waals surface area contributed by atoms with Crippen LogP contribution in [0.1, 0.15) is 31.4 Å². The Kier molecular flexibility index (Phi) is 2.48. The van der Waals surface area contributed by atoms with Gasteiger partial charge in [-0.2, -0.15) is 0 Å². The molecule has 0 aliphatic heterocycles. The van der Waals surface area contributed by atoms with Crippen molar-refractivity contribution in [3.63, 3.8) is 0 Å². The first-order valence-electron chi connectivity index (χ1n) is 6.52. The molecule has 0 bridgehead atoms. The molecule has 1 aromatic carbocycles. The van der Waals surface area contributed by atoms with Crippen LogP contribution in [0.3, 0.4) is 0 Å². The van der Waals surface area contributed by atoms with Gasteiger partial charge in [0, 0.05) is 23.7 Å². The summed E-state index contributed by atoms with van der Waals surface area (Å²) in [6, 6.07) is 11.0. The van der Waals surface area contributed by atoms with Crippen LogP contribution in [-0.2, 0) is 12.5 Å². The topological polar surface area (TPSA) is 30.9 Å². The van der Waals surface area contributed by atoms with Gasteiger partial charge < -0.3 is 10.3 Å². The molecule has 0 atom stereocenters. The first kappa shape index (κ1) is 10.8. The minimum absolute atomic E-state index is 0.364. The quantitative estimate of drug-likeness (QED) is 0.860. The van der Waals surface area contributed by atoms with Crippen LogP contribution in [0, 0.1) is 0 Å². The number of fused-ring (bicyclic) bond motifs is 1. The van der Waals surface area contributed by atoms with Crippen LogP contribution in [0.25, 0.3) is 10.9 Å². The van der Waals surface area contributed by atoms with Gasteiger partial charge >= 0.3 is 0 Å². The molecule has 1 fully saturated rings. The van der Waals surface area contributed by atoms with E-state index in [-0.39, 0.29) is 0 Å². The SMILES string of the molecule is Cn1c(C2(CCN)CCC2)cc2ccccc21. The molecule has 1 saturated carbocycles. The summed E-state index contributed by atoms with van der Waals surface area (Å²) in [7, 11) is 2.19. The largest absolute Gasteiger partial charge is 0.347 e. The molecule has 1 aromatic heterocycles. The van der Waals surface area contributed by atoms with Gasteiger partial charge in [0.1, 0.15) is 0 Å². The van der Waals surface area contributed by atoms with Crippen molar-refractivity contribution in [1.29, 1.82) is 0 Å². The van der Waals surface area contributed by atoms with Gasteiger partial charge in [0.2, 0.25) is 0 Å². The molecule has 2 aromatic rings. The van der Waals surface area contributed by atoms with Crippen molar-refractivity contribution in [2.75, 3.05) is 6.54 Å². The normalized spacial score (nSPS) is 18.2. The zero-order valence-electron chi connectivity index (χ0n) is 10.4. The third kappa shape index (κ3) is 1.51. The van der Waals surface area contributed by atoms with E-state index in [0.717, 1.165) is 13.0 Å². The molecule has 1 aliphatic carbocycles. The highest BCUT2D eigenvalue weighted by Gasteiger charge is 2.39. The molecule has 2 nitrogen and oxygen atoms in total. The molecule has 0 unspecified atom stereocenters. The number of hydrogen-bond donors (Lipinski definition) is 1. The van der Waals surface area contributed by atoms with Crippen molar-refractivity contribution in [1.82, 2.24) is 4.57 Å². The fourth-order valence-electron chi connectivity index (χ4n) is 3.31. The molecule has 0 radical (unpaired) electrons. The molecular weight excluding hydrogens is 208 g/mol. The van der Waals surface area contributed by atoms with Crippen LogP contribution in [0.15, 0.2) is 30.3 Å². The Hall–Kier alpha value is -1.28. The standard InChI is InChI=1S/C15H20N2/c1-17-13-6-3-2-5-12(13)11-14(17)15(9-10-16)7-4-8-15/h2-3,5-6,11H,4,7-10,16H2,1H3. The summed E-state index contributed by atoms with van der Waals surface area (Å²) in [5.74, 6) is 0. The van der Waals surface area contributed by atoms with E-state index in [2.05, 4.69) is 41.9 Å². The van der Waals surface area contributed by atoms with Gasteiger partial charge in [-0.15, -0.1) is 0 Å². The summed E-state index contributed by atoms with van der Waals surface area (Å²) in [6.45, 7) is 0.793. The van der Waals surface area contributed by atoms with E-state index in [1.54, 1.807) is 0 Å². The van der Waals surface area contributed by atoms with Gasteiger partial charge in [-0.25, -0.2) is 0 Å². The first-order valence-corrected chi connectivity index (χ1v) is 6.52. The molecule has 2 heteroatoms. The number of hydrogen-bond acceptors (Lipinski definition) is 1. The van der Waals surface area contributed by atoms with Crippen LogP contribution in [0.5, 0.6) is 0 Å². The van der Waals surface area contributed by atoms with E-state index in [1.807, 2.05) is 0 Å². The second kappa shape index (κ2) is 3.88. The van der Waals surface area contributed by atoms with Crippen molar-refractivity contribution in [2.24, 2.45) is 12.8 Å². The molecule has 2 N–H and O–H groups in total. The minimum Gasteiger partial charge on any atom is -0.347 e. The molecule has 1 aliphatic rings. The highest BCUT2D eigenvalue weighted by molar-refractivity contribution is 5.81. The predicted molar refractivity (Wildman–Crippen MR) is 72.1 cm³/mol. The van der Waals surface area contributed by atoms with Crippen molar-refractivity contribution in [3.8, 4) is 0 Å². The van der Waals surface area contributed by atoms with Crippen LogP contribution in [0.2, 0.25) is 0 Å². The first-order chi connectivity index (χ1) is 8.27. The zero-order valence-corrected chi connectivity index (χ0v) is 10.4. The Labute approximate surface area is 102 Å². The van der Waals surface area contributed by atoms with Crippen molar-refractivity contribution in [3.05, 3.63) is 36.0 Å². The highest BCUT2D eigenvalue weighted by Crippen LogP contribution is 2.47. The zero-order chi connectivity index (χ0) is 11.9. The van der Waals surface area contributed by atoms with Crippen LogP contribution >= 0.6 is 0 Å². The number of rotatable bonds is 3. The molecule has 90 valence electrons. The summed E-state index contributed by atoms with van der Waals surface area (Å²) in [4.78, 5) is 0. The number of nitrogens with two attached hydrogens (primary N) is 1. The van der Waals surface area contributed by atoms with Gasteiger partial charge in [0.25, 0.3) is 0 Å². The van der Waals surface area contributed by atoms with E-state index in [4.69, 9.17) is 5.73 Å². The number of para-hydroxylation sites is 1. The maximum absolute atomic E-state index is 5.80. The minimum atomic E-state index is 0.364. The Bertz CT molecular complexity index is 535. The molecule has 0 spiro atoms. The average Bonchev–Trinajstić information content (AvgIpc) is 2.63. The summed E-state index contributed by atoms with van der Waals surface area (Å²) >= 11 is 0. The Morgan fingerprint density at radius 3 is 2.65 bits per heavy atom.